The Kier molecular flexibility index (Phi) is 7.69. The number of nitrogens with one attached hydrogen (secondary N) is 1. The molecule has 2 amide bonds. The van der Waals surface area contributed by atoms with Crippen LogP contribution < -0.4 is 10.1 Å². The van der Waals surface area contributed by atoms with Crippen LogP contribution in [0.1, 0.15) is 15.9 Å². The standard InChI is InChI=1S/C23H22F3N5O3S2/c1-14-11-16(34-2)15(20(32)30-7-9-31(10-8-30)21(33)23(24,25)26)12-17(14)35-19-13-28-22(36-19)29-18-5-3-4-6-27-18/h3-6,11-13H,7-10H2,1-2H3,(H,27,28,29). The Morgan fingerprint density at radius 3 is 2.47 bits per heavy atom. The van der Waals surface area contributed by atoms with Gasteiger partial charge >= 0.3 is 12.1 Å². The monoisotopic (exact) mass is 537 g/mol. The summed E-state index contributed by atoms with van der Waals surface area (Å²) in [6, 6.07) is 9.00. The molecule has 1 aliphatic heterocycles. The molecule has 0 spiro atoms. The number of hydrogen-bond donors (Lipinski definition) is 1. The Bertz CT molecular complexity index is 1250. The highest BCUT2D eigenvalue weighted by Crippen LogP contribution is 2.39. The minimum atomic E-state index is -4.93. The zero-order chi connectivity index (χ0) is 25.9. The summed E-state index contributed by atoms with van der Waals surface area (Å²) in [5, 5.41) is 3.81. The molecule has 0 radical (unpaired) electrons. The first-order chi connectivity index (χ1) is 17.2. The van der Waals surface area contributed by atoms with Crippen molar-refractivity contribution >= 4 is 45.9 Å². The van der Waals surface area contributed by atoms with E-state index in [1.807, 2.05) is 25.1 Å². The van der Waals surface area contributed by atoms with E-state index in [2.05, 4.69) is 15.3 Å². The fraction of sp³-hybridized carbons (Fsp3) is 0.304. The molecule has 0 unspecified atom stereocenters. The Labute approximate surface area is 213 Å². The summed E-state index contributed by atoms with van der Waals surface area (Å²) in [5.74, 6) is -1.20. The number of aryl methyl sites for hydroxylation is 1. The molecule has 1 aliphatic rings. The molecule has 190 valence electrons. The largest absolute Gasteiger partial charge is 0.496 e. The minimum Gasteiger partial charge on any atom is -0.496 e. The molecule has 1 aromatic carbocycles. The normalized spacial score (nSPS) is 14.0. The SMILES string of the molecule is COc1cc(C)c(Sc2cnc(Nc3ccccn3)s2)cc1C(=O)N1CCN(C(=O)C(F)(F)F)CC1. The first-order valence-electron chi connectivity index (χ1n) is 10.8. The van der Waals surface area contributed by atoms with Crippen LogP contribution in [0.25, 0.3) is 0 Å². The van der Waals surface area contributed by atoms with Crippen molar-refractivity contribution in [2.75, 3.05) is 38.6 Å². The van der Waals surface area contributed by atoms with Crippen molar-refractivity contribution in [3.05, 3.63) is 53.9 Å². The predicted octanol–water partition coefficient (Wildman–Crippen LogP) is 4.60. The van der Waals surface area contributed by atoms with Gasteiger partial charge in [0, 0.05) is 37.3 Å². The number of ether oxygens (including phenoxy) is 1. The van der Waals surface area contributed by atoms with Crippen molar-refractivity contribution in [3.63, 3.8) is 0 Å². The van der Waals surface area contributed by atoms with Gasteiger partial charge in [0.2, 0.25) is 0 Å². The Hall–Kier alpha value is -3.32. The van der Waals surface area contributed by atoms with Crippen LogP contribution in [0.4, 0.5) is 24.1 Å². The second kappa shape index (κ2) is 10.7. The van der Waals surface area contributed by atoms with Gasteiger partial charge in [-0.3, -0.25) is 9.59 Å². The second-order valence-electron chi connectivity index (χ2n) is 7.83. The quantitative estimate of drug-likeness (QED) is 0.492. The molecule has 0 saturated carbocycles. The molecule has 8 nitrogen and oxygen atoms in total. The minimum absolute atomic E-state index is 0.00242. The van der Waals surface area contributed by atoms with E-state index in [0.717, 1.165) is 19.6 Å². The predicted molar refractivity (Wildman–Crippen MR) is 130 cm³/mol. The maximum absolute atomic E-state index is 13.3. The number of carbonyl (C=O) groups excluding carboxylic acids is 2. The number of aromatic nitrogens is 2. The van der Waals surface area contributed by atoms with Gasteiger partial charge in [0.1, 0.15) is 11.6 Å². The van der Waals surface area contributed by atoms with Gasteiger partial charge in [-0.1, -0.05) is 29.2 Å². The number of piperazine rings is 1. The average Bonchev–Trinajstić information content (AvgIpc) is 3.30. The van der Waals surface area contributed by atoms with E-state index < -0.39 is 12.1 Å². The number of alkyl halides is 3. The molecule has 0 aliphatic carbocycles. The molecular formula is C23H22F3N5O3S2. The molecule has 4 rings (SSSR count). The van der Waals surface area contributed by atoms with E-state index in [0.29, 0.717) is 22.3 Å². The number of pyridine rings is 1. The fourth-order valence-electron chi connectivity index (χ4n) is 3.59. The Balaban J connectivity index is 1.48. The Morgan fingerprint density at radius 1 is 1.11 bits per heavy atom. The molecule has 1 N–H and O–H groups in total. The topological polar surface area (TPSA) is 87.7 Å². The van der Waals surface area contributed by atoms with E-state index in [-0.39, 0.29) is 32.1 Å². The molecule has 3 heterocycles. The summed E-state index contributed by atoms with van der Waals surface area (Å²) >= 11 is 2.87. The zero-order valence-corrected chi connectivity index (χ0v) is 21.0. The van der Waals surface area contributed by atoms with Crippen LogP contribution in [0, 0.1) is 6.92 Å². The van der Waals surface area contributed by atoms with Gasteiger partial charge < -0.3 is 19.9 Å². The number of benzene rings is 1. The highest BCUT2D eigenvalue weighted by Gasteiger charge is 2.43. The fourth-order valence-corrected chi connectivity index (χ4v) is 5.54. The van der Waals surface area contributed by atoms with Gasteiger partial charge in [-0.05, 0) is 36.8 Å². The molecular weight excluding hydrogens is 515 g/mol. The maximum atomic E-state index is 13.3. The second-order valence-corrected chi connectivity index (χ2v) is 10.2. The van der Waals surface area contributed by atoms with Crippen molar-refractivity contribution in [1.82, 2.24) is 19.8 Å². The summed E-state index contributed by atoms with van der Waals surface area (Å²) in [7, 11) is 1.46. The summed E-state index contributed by atoms with van der Waals surface area (Å²) in [6.45, 7) is 1.52. The number of carbonyl (C=O) groups is 2. The van der Waals surface area contributed by atoms with Crippen molar-refractivity contribution in [2.45, 2.75) is 22.2 Å². The van der Waals surface area contributed by atoms with Crippen molar-refractivity contribution in [3.8, 4) is 5.75 Å². The van der Waals surface area contributed by atoms with E-state index in [9.17, 15) is 22.8 Å². The average molecular weight is 538 g/mol. The van der Waals surface area contributed by atoms with Crippen molar-refractivity contribution < 1.29 is 27.5 Å². The van der Waals surface area contributed by atoms with Gasteiger partial charge in [-0.25, -0.2) is 9.97 Å². The first-order valence-corrected chi connectivity index (χ1v) is 12.4. The lowest BCUT2D eigenvalue weighted by Gasteiger charge is -2.35. The van der Waals surface area contributed by atoms with Crippen molar-refractivity contribution in [2.24, 2.45) is 0 Å². The van der Waals surface area contributed by atoms with E-state index >= 15 is 0 Å². The van der Waals surface area contributed by atoms with Gasteiger partial charge in [-0.15, -0.1) is 0 Å². The smallest absolute Gasteiger partial charge is 0.471 e. The number of amides is 2. The summed E-state index contributed by atoms with van der Waals surface area (Å²) in [6.07, 6.45) is -1.52. The molecule has 1 fully saturated rings. The maximum Gasteiger partial charge on any atom is 0.471 e. The van der Waals surface area contributed by atoms with Gasteiger partial charge in [0.05, 0.1) is 23.1 Å². The molecule has 1 saturated heterocycles. The van der Waals surface area contributed by atoms with Gasteiger partial charge in [-0.2, -0.15) is 13.2 Å². The zero-order valence-electron chi connectivity index (χ0n) is 19.3. The van der Waals surface area contributed by atoms with E-state index in [4.69, 9.17) is 4.74 Å². The number of rotatable bonds is 6. The summed E-state index contributed by atoms with van der Waals surface area (Å²) in [4.78, 5) is 36.3. The van der Waals surface area contributed by atoms with Crippen LogP contribution in [0.5, 0.6) is 5.75 Å². The van der Waals surface area contributed by atoms with E-state index in [1.165, 1.54) is 35.1 Å². The number of hydrogen-bond acceptors (Lipinski definition) is 8. The molecule has 0 atom stereocenters. The van der Waals surface area contributed by atoms with Crippen LogP contribution >= 0.6 is 23.1 Å². The van der Waals surface area contributed by atoms with Crippen LogP contribution in [-0.4, -0.2) is 71.0 Å². The number of anilines is 2. The molecule has 0 bridgehead atoms. The summed E-state index contributed by atoms with van der Waals surface area (Å²) < 4.78 is 44.5. The van der Waals surface area contributed by atoms with Crippen LogP contribution in [0.2, 0.25) is 0 Å². The number of methoxy groups -OCH3 is 1. The Morgan fingerprint density at radius 2 is 1.83 bits per heavy atom. The molecule has 36 heavy (non-hydrogen) atoms. The molecule has 13 heteroatoms. The lowest BCUT2D eigenvalue weighted by Crippen LogP contribution is -2.53. The molecule has 3 aromatic rings. The number of nitrogens with zero attached hydrogens (tertiary/aromatic N) is 4. The highest BCUT2D eigenvalue weighted by atomic mass is 32.2. The molecule has 2 aromatic heterocycles. The lowest BCUT2D eigenvalue weighted by atomic mass is 10.1. The third-order valence-electron chi connectivity index (χ3n) is 5.42. The lowest BCUT2D eigenvalue weighted by molar-refractivity contribution is -0.186. The summed E-state index contributed by atoms with van der Waals surface area (Å²) in [5.41, 5.74) is 1.19. The number of thiazole rings is 1. The van der Waals surface area contributed by atoms with Crippen LogP contribution in [0.15, 0.2) is 51.8 Å². The van der Waals surface area contributed by atoms with E-state index in [1.54, 1.807) is 24.5 Å². The van der Waals surface area contributed by atoms with Crippen LogP contribution in [0.3, 0.4) is 0 Å². The third-order valence-corrected chi connectivity index (χ3v) is 7.59. The van der Waals surface area contributed by atoms with Crippen LogP contribution in [-0.2, 0) is 4.79 Å². The highest BCUT2D eigenvalue weighted by molar-refractivity contribution is 8.01. The van der Waals surface area contributed by atoms with Gasteiger partial charge in [0.25, 0.3) is 5.91 Å². The number of halogens is 3. The third kappa shape index (κ3) is 5.90. The first kappa shape index (κ1) is 25.8. The van der Waals surface area contributed by atoms with Crippen molar-refractivity contribution in [1.29, 1.82) is 0 Å². The van der Waals surface area contributed by atoms with Gasteiger partial charge in [0.15, 0.2) is 5.13 Å².